The maximum atomic E-state index is 15.0. The number of aromatic nitrogens is 5. The van der Waals surface area contributed by atoms with Crippen LogP contribution in [0.1, 0.15) is 89.8 Å². The number of carbonyl (C=O) groups excluding carboxylic acids is 3. The summed E-state index contributed by atoms with van der Waals surface area (Å²) < 4.78 is 60.4. The number of nitrogens with one attached hydrogen (secondary N) is 2. The number of rotatable bonds is 14. The first-order valence-electron chi connectivity index (χ1n) is 23.4. The molecule has 3 aromatic heterocycles. The molecule has 0 spiro atoms. The summed E-state index contributed by atoms with van der Waals surface area (Å²) in [4.78, 5) is 57.9. The number of aryl methyl sites for hydroxylation is 2. The van der Waals surface area contributed by atoms with Gasteiger partial charge in [0.05, 0.1) is 46.7 Å². The number of nitrogens with zero attached hydrogens (tertiary/aromatic N) is 6. The number of piperidine rings is 1. The van der Waals surface area contributed by atoms with Crippen LogP contribution in [0.5, 0.6) is 11.5 Å². The van der Waals surface area contributed by atoms with Crippen molar-refractivity contribution in [3.05, 3.63) is 141 Å². The van der Waals surface area contributed by atoms with E-state index in [-0.39, 0.29) is 43.1 Å². The third kappa shape index (κ3) is 9.22. The molecule has 10 rings (SSSR count). The molecule has 2 N–H and O–H groups in total. The van der Waals surface area contributed by atoms with Gasteiger partial charge in [-0.1, -0.05) is 36.4 Å². The Labute approximate surface area is 395 Å². The molecule has 3 aliphatic rings. The van der Waals surface area contributed by atoms with E-state index >= 15 is 4.39 Å². The van der Waals surface area contributed by atoms with Gasteiger partial charge < -0.3 is 14.8 Å². The predicted octanol–water partition coefficient (Wildman–Crippen LogP) is 7.84. The van der Waals surface area contributed by atoms with E-state index in [1.165, 1.54) is 17.2 Å². The Balaban J connectivity index is 0.703. The van der Waals surface area contributed by atoms with Crippen LogP contribution in [0.25, 0.3) is 33.2 Å². The number of hydrogen-bond donors (Lipinski definition) is 2. The first kappa shape index (κ1) is 45.5. The molecule has 17 heteroatoms. The summed E-state index contributed by atoms with van der Waals surface area (Å²) in [5, 5.41) is 11.0. The maximum Gasteiger partial charge on any atom is 0.329 e. The molecule has 3 amide bonds. The zero-order valence-electron chi connectivity index (χ0n) is 38.3. The van der Waals surface area contributed by atoms with Gasteiger partial charge in [0.15, 0.2) is 17.4 Å². The average Bonchev–Trinajstić information content (AvgIpc) is 4.05. The second-order valence-electron chi connectivity index (χ2n) is 18.4. The van der Waals surface area contributed by atoms with Crippen LogP contribution in [0.3, 0.4) is 0 Å². The molecule has 356 valence electrons. The quantitative estimate of drug-likeness (QED) is 0.0820. The van der Waals surface area contributed by atoms with E-state index in [9.17, 15) is 28.0 Å². The van der Waals surface area contributed by atoms with E-state index in [2.05, 4.69) is 52.1 Å². The lowest BCUT2D eigenvalue weighted by atomic mass is 9.86. The molecule has 1 saturated carbocycles. The van der Waals surface area contributed by atoms with Crippen LogP contribution < -0.4 is 25.8 Å². The van der Waals surface area contributed by atoms with Crippen molar-refractivity contribution in [2.24, 2.45) is 13.0 Å². The lowest BCUT2D eigenvalue weighted by Gasteiger charge is -2.28. The van der Waals surface area contributed by atoms with E-state index < -0.39 is 46.6 Å². The Morgan fingerprint density at radius 2 is 1.67 bits per heavy atom. The van der Waals surface area contributed by atoms with Crippen molar-refractivity contribution in [1.29, 1.82) is 0 Å². The molecule has 1 unspecified atom stereocenters. The van der Waals surface area contributed by atoms with Gasteiger partial charge in [-0.15, -0.1) is 0 Å². The average molecular weight is 941 g/mol. The minimum atomic E-state index is -1.56. The van der Waals surface area contributed by atoms with Gasteiger partial charge in [-0.3, -0.25) is 43.4 Å². The number of imidazole rings is 1. The molecule has 2 aliphatic heterocycles. The van der Waals surface area contributed by atoms with Crippen molar-refractivity contribution >= 4 is 39.7 Å². The first-order valence-corrected chi connectivity index (χ1v) is 23.4. The van der Waals surface area contributed by atoms with E-state index in [0.717, 1.165) is 97.1 Å². The van der Waals surface area contributed by atoms with E-state index in [0.29, 0.717) is 29.3 Å². The van der Waals surface area contributed by atoms with Crippen molar-refractivity contribution in [1.82, 2.24) is 39.4 Å². The monoisotopic (exact) mass is 940 g/mol. The molecule has 1 aliphatic carbocycles. The lowest BCUT2D eigenvalue weighted by Crippen LogP contribution is -2.44. The van der Waals surface area contributed by atoms with Gasteiger partial charge in [-0.25, -0.2) is 13.6 Å². The molecule has 69 heavy (non-hydrogen) atoms. The molecule has 1 atom stereocenters. The Hall–Kier alpha value is -7.27. The second-order valence-corrected chi connectivity index (χ2v) is 18.4. The summed E-state index contributed by atoms with van der Waals surface area (Å²) in [5.74, 6) is -6.01. The molecule has 1 saturated heterocycles. The maximum absolute atomic E-state index is 15.0. The lowest BCUT2D eigenvalue weighted by molar-refractivity contribution is -0.135. The zero-order chi connectivity index (χ0) is 47.9. The smallest absolute Gasteiger partial charge is 0.329 e. The summed E-state index contributed by atoms with van der Waals surface area (Å²) in [5.41, 5.74) is 7.16. The van der Waals surface area contributed by atoms with Crippen LogP contribution in [0.15, 0.2) is 89.9 Å². The normalized spacial score (nSPS) is 18.4. The van der Waals surface area contributed by atoms with E-state index in [1.54, 1.807) is 35.9 Å². The molecule has 4 aromatic carbocycles. The Kier molecular flexibility index (Phi) is 12.5. The molecule has 7 aromatic rings. The van der Waals surface area contributed by atoms with Crippen molar-refractivity contribution in [2.45, 2.75) is 83.1 Å². The Bertz CT molecular complexity index is 3190. The highest BCUT2D eigenvalue weighted by atomic mass is 19.2. The van der Waals surface area contributed by atoms with Crippen molar-refractivity contribution in [3.63, 3.8) is 0 Å². The minimum Gasteiger partial charge on any atom is -0.497 e. The molecule has 5 heterocycles. The number of halogens is 3. The van der Waals surface area contributed by atoms with Crippen LogP contribution in [0.2, 0.25) is 0 Å². The predicted molar refractivity (Wildman–Crippen MR) is 251 cm³/mol. The number of ether oxygens (including phenoxy) is 2. The summed E-state index contributed by atoms with van der Waals surface area (Å²) >= 11 is 0. The van der Waals surface area contributed by atoms with Gasteiger partial charge in [-0.2, -0.15) is 9.49 Å². The summed E-state index contributed by atoms with van der Waals surface area (Å²) in [6, 6.07) is 23.2. The highest BCUT2D eigenvalue weighted by Crippen LogP contribution is 2.35. The van der Waals surface area contributed by atoms with Gasteiger partial charge >= 0.3 is 5.69 Å². The minimum absolute atomic E-state index is 0.107. The molecule has 2 fully saturated rings. The first-order chi connectivity index (χ1) is 33.4. The zero-order valence-corrected chi connectivity index (χ0v) is 38.3. The number of carbonyl (C=O) groups is 3. The van der Waals surface area contributed by atoms with Gasteiger partial charge in [0, 0.05) is 50.2 Å². The van der Waals surface area contributed by atoms with Gasteiger partial charge in [0.25, 0.3) is 5.91 Å². The third-order valence-corrected chi connectivity index (χ3v) is 13.9. The van der Waals surface area contributed by atoms with Crippen LogP contribution in [-0.2, 0) is 42.8 Å². The van der Waals surface area contributed by atoms with Gasteiger partial charge in [-0.05, 0) is 117 Å². The number of amides is 3. The van der Waals surface area contributed by atoms with Crippen molar-refractivity contribution < 1.29 is 37.0 Å². The van der Waals surface area contributed by atoms with Crippen LogP contribution >= 0.6 is 0 Å². The number of benzene rings is 4. The topological polar surface area (TPSA) is 155 Å². The molecule has 14 nitrogen and oxygen atoms in total. The number of hydrogen-bond acceptors (Lipinski definition) is 9. The highest BCUT2D eigenvalue weighted by molar-refractivity contribution is 6.00. The standard InChI is InChI=1S/C52H51F3N8O6/c1-60-45-22-30(9-18-43(45)63(52(60)67)44-19-20-46(64)58-51(44)66)4-3-21-61-26-34-12-17-40(57-42(34)28-61)33-10-11-35-27-62(59-41(35)23-33)36-13-5-31(6-14-36)25-56-50(65)38-24-39(53)49(48(55)47(38)54)69-29-32-7-15-37(68-2)16-8-32/h7-12,15-18,22-24,27,31,36,44H,3-6,13-14,19-21,25-26,28-29H2,1-2H3,(H,56,65)(H,58,64,66)/t31-,36-,44?. The Morgan fingerprint density at radius 3 is 2.45 bits per heavy atom. The molecule has 0 bridgehead atoms. The summed E-state index contributed by atoms with van der Waals surface area (Å²) in [6.07, 6.45) is 7.50. The number of pyridine rings is 1. The van der Waals surface area contributed by atoms with Gasteiger partial charge in [0.1, 0.15) is 18.4 Å². The van der Waals surface area contributed by atoms with Crippen LogP contribution in [-0.4, -0.2) is 66.7 Å². The SMILES string of the molecule is COc1ccc(COc2c(F)cc(C(=O)NC[C@H]3CC[C@H](n4cc5ccc(-c6ccc7c(n6)CN(CCCc6ccc8c(c6)n(C)c(=O)n8C6CCC(=O)NC6=O)C7)cc5n4)CC3)c(F)c2F)cc1. The fourth-order valence-corrected chi connectivity index (χ4v) is 10.0. The molecule has 0 radical (unpaired) electrons. The number of fused-ring (bicyclic) bond motifs is 3. The van der Waals surface area contributed by atoms with E-state index in [4.69, 9.17) is 19.6 Å². The second kappa shape index (κ2) is 19.0. The molecular formula is C52H51F3N8O6. The van der Waals surface area contributed by atoms with E-state index in [1.807, 2.05) is 22.9 Å². The van der Waals surface area contributed by atoms with Crippen molar-refractivity contribution in [2.75, 3.05) is 20.2 Å². The molecular weight excluding hydrogens is 890 g/mol. The van der Waals surface area contributed by atoms with Crippen molar-refractivity contribution in [3.8, 4) is 22.8 Å². The third-order valence-electron chi connectivity index (χ3n) is 13.9. The Morgan fingerprint density at radius 1 is 0.870 bits per heavy atom. The summed E-state index contributed by atoms with van der Waals surface area (Å²) in [7, 11) is 3.23. The van der Waals surface area contributed by atoms with Gasteiger partial charge in [0.2, 0.25) is 17.6 Å². The van der Waals surface area contributed by atoms with Crippen LogP contribution in [0, 0.1) is 23.4 Å². The largest absolute Gasteiger partial charge is 0.497 e. The highest BCUT2D eigenvalue weighted by Gasteiger charge is 2.32. The number of imide groups is 1. The fourth-order valence-electron chi connectivity index (χ4n) is 10.0. The number of methoxy groups -OCH3 is 1. The van der Waals surface area contributed by atoms with Crippen LogP contribution in [0.4, 0.5) is 13.2 Å². The fraction of sp³-hybridized carbons (Fsp3) is 0.346. The summed E-state index contributed by atoms with van der Waals surface area (Å²) in [6.45, 7) is 2.48.